The number of hydrogen-bond acceptors (Lipinski definition) is 5. The van der Waals surface area contributed by atoms with Crippen molar-refractivity contribution in [3.05, 3.63) is 71.8 Å². The van der Waals surface area contributed by atoms with Crippen LogP contribution in [0.1, 0.15) is 30.9 Å². The van der Waals surface area contributed by atoms with Gasteiger partial charge in [-0.25, -0.2) is 0 Å². The lowest BCUT2D eigenvalue weighted by Crippen LogP contribution is -2.31. The second kappa shape index (κ2) is 9.10. The lowest BCUT2D eigenvalue weighted by molar-refractivity contribution is -0.154. The molecular weight excluding hydrogens is 380 g/mol. The van der Waals surface area contributed by atoms with Crippen molar-refractivity contribution in [3.63, 3.8) is 0 Å². The number of para-hydroxylation sites is 1. The van der Waals surface area contributed by atoms with Gasteiger partial charge in [0.15, 0.2) is 6.10 Å². The van der Waals surface area contributed by atoms with Crippen LogP contribution in [-0.2, 0) is 14.3 Å². The highest BCUT2D eigenvalue weighted by atomic mass is 16.5. The summed E-state index contributed by atoms with van der Waals surface area (Å²) >= 11 is 0. The fraction of sp³-hybridized carbons (Fsp3) is 0.208. The zero-order valence-electron chi connectivity index (χ0n) is 17.0. The van der Waals surface area contributed by atoms with E-state index >= 15 is 0 Å². The number of nitriles is 1. The lowest BCUT2D eigenvalue weighted by Gasteiger charge is -2.17. The minimum atomic E-state index is -1.00. The van der Waals surface area contributed by atoms with Gasteiger partial charge in [-0.05, 0) is 54.4 Å². The van der Waals surface area contributed by atoms with Crippen LogP contribution in [0.3, 0.4) is 0 Å². The number of carbonyl (C=O) groups is 2. The fourth-order valence-electron chi connectivity index (χ4n) is 3.03. The van der Waals surface area contributed by atoms with Gasteiger partial charge in [-0.2, -0.15) is 5.26 Å². The maximum Gasteiger partial charge on any atom is 0.313 e. The van der Waals surface area contributed by atoms with E-state index < -0.39 is 23.9 Å². The van der Waals surface area contributed by atoms with Gasteiger partial charge in [0.1, 0.15) is 11.8 Å². The maximum absolute atomic E-state index is 12.6. The Morgan fingerprint density at radius 1 is 1.00 bits per heavy atom. The largest absolute Gasteiger partial charge is 0.497 e. The predicted octanol–water partition coefficient (Wildman–Crippen LogP) is 4.39. The number of rotatable bonds is 6. The summed E-state index contributed by atoms with van der Waals surface area (Å²) in [6.07, 6.45) is -1.00. The molecule has 0 aliphatic rings. The normalized spacial score (nSPS) is 12.5. The zero-order chi connectivity index (χ0) is 21.7. The van der Waals surface area contributed by atoms with Gasteiger partial charge in [-0.1, -0.05) is 36.4 Å². The van der Waals surface area contributed by atoms with Crippen LogP contribution in [0.4, 0.5) is 5.69 Å². The first-order valence-electron chi connectivity index (χ1n) is 9.51. The average Bonchev–Trinajstić information content (AvgIpc) is 2.77. The standard InChI is InChI=1S/C24H22N2O4/c1-15(17-8-9-19-13-21(29-3)11-10-18(19)12-17)24(28)30-16(2)23(27)26-22-7-5-4-6-20(22)14-25/h4-13,15-16H,1-3H3,(H,26,27)/t15-,16+/m0/s1. The van der Waals surface area contributed by atoms with Gasteiger partial charge in [0.2, 0.25) is 0 Å². The molecule has 0 aliphatic carbocycles. The third kappa shape index (κ3) is 4.58. The molecule has 0 fully saturated rings. The summed E-state index contributed by atoms with van der Waals surface area (Å²) in [7, 11) is 1.61. The number of ether oxygens (including phenoxy) is 2. The molecule has 1 amide bonds. The number of anilines is 1. The van der Waals surface area contributed by atoms with Gasteiger partial charge in [0, 0.05) is 0 Å². The van der Waals surface area contributed by atoms with Crippen LogP contribution in [0.2, 0.25) is 0 Å². The Bertz CT molecular complexity index is 1130. The molecule has 2 atom stereocenters. The van der Waals surface area contributed by atoms with Gasteiger partial charge in [0.25, 0.3) is 5.91 Å². The first-order valence-corrected chi connectivity index (χ1v) is 9.51. The van der Waals surface area contributed by atoms with Crippen molar-refractivity contribution in [2.75, 3.05) is 12.4 Å². The maximum atomic E-state index is 12.6. The van der Waals surface area contributed by atoms with Gasteiger partial charge in [-0.15, -0.1) is 0 Å². The van der Waals surface area contributed by atoms with E-state index in [4.69, 9.17) is 14.7 Å². The van der Waals surface area contributed by atoms with Crippen LogP contribution in [0, 0.1) is 11.3 Å². The first-order chi connectivity index (χ1) is 14.4. The number of fused-ring (bicyclic) bond motifs is 1. The van der Waals surface area contributed by atoms with Crippen molar-refractivity contribution in [1.82, 2.24) is 0 Å². The number of nitrogens with zero attached hydrogens (tertiary/aromatic N) is 1. The Hall–Kier alpha value is -3.85. The topological polar surface area (TPSA) is 88.4 Å². The van der Waals surface area contributed by atoms with Crippen molar-refractivity contribution in [1.29, 1.82) is 5.26 Å². The Kier molecular flexibility index (Phi) is 6.33. The Balaban J connectivity index is 1.68. The van der Waals surface area contributed by atoms with Crippen LogP contribution < -0.4 is 10.1 Å². The number of hydrogen-bond donors (Lipinski definition) is 1. The Morgan fingerprint density at radius 3 is 2.43 bits per heavy atom. The summed E-state index contributed by atoms with van der Waals surface area (Å²) in [6, 6.07) is 20.1. The molecule has 152 valence electrons. The number of amides is 1. The zero-order valence-corrected chi connectivity index (χ0v) is 17.0. The highest BCUT2D eigenvalue weighted by Gasteiger charge is 2.24. The molecule has 0 bridgehead atoms. The molecule has 0 saturated carbocycles. The summed E-state index contributed by atoms with van der Waals surface area (Å²) in [4.78, 5) is 25.0. The van der Waals surface area contributed by atoms with E-state index in [1.807, 2.05) is 42.5 Å². The van der Waals surface area contributed by atoms with E-state index in [1.54, 1.807) is 38.3 Å². The molecule has 0 heterocycles. The molecule has 6 nitrogen and oxygen atoms in total. The van der Waals surface area contributed by atoms with Crippen molar-refractivity contribution in [2.45, 2.75) is 25.9 Å². The van der Waals surface area contributed by atoms with Crippen LogP contribution in [0.5, 0.6) is 5.75 Å². The lowest BCUT2D eigenvalue weighted by atomic mass is 9.98. The van der Waals surface area contributed by atoms with E-state index in [0.29, 0.717) is 11.3 Å². The minimum absolute atomic E-state index is 0.338. The molecule has 1 N–H and O–H groups in total. The van der Waals surface area contributed by atoms with Gasteiger partial charge in [0.05, 0.1) is 24.3 Å². The highest BCUT2D eigenvalue weighted by molar-refractivity contribution is 5.96. The fourth-order valence-corrected chi connectivity index (χ4v) is 3.03. The summed E-state index contributed by atoms with van der Waals surface area (Å²) in [6.45, 7) is 3.24. The Morgan fingerprint density at radius 2 is 1.70 bits per heavy atom. The third-order valence-electron chi connectivity index (χ3n) is 4.89. The number of nitrogens with one attached hydrogen (secondary N) is 1. The number of esters is 1. The molecule has 3 rings (SSSR count). The monoisotopic (exact) mass is 402 g/mol. The smallest absolute Gasteiger partial charge is 0.313 e. The molecule has 0 saturated heterocycles. The Labute approximate surface area is 175 Å². The highest BCUT2D eigenvalue weighted by Crippen LogP contribution is 2.26. The molecule has 3 aromatic rings. The van der Waals surface area contributed by atoms with Gasteiger partial charge >= 0.3 is 5.97 Å². The summed E-state index contributed by atoms with van der Waals surface area (Å²) in [5.74, 6) is -0.776. The summed E-state index contributed by atoms with van der Waals surface area (Å²) in [5.41, 5.74) is 1.51. The predicted molar refractivity (Wildman–Crippen MR) is 114 cm³/mol. The third-order valence-corrected chi connectivity index (χ3v) is 4.89. The number of methoxy groups -OCH3 is 1. The second-order valence-electron chi connectivity index (χ2n) is 6.92. The van der Waals surface area contributed by atoms with Gasteiger partial charge < -0.3 is 14.8 Å². The van der Waals surface area contributed by atoms with E-state index in [2.05, 4.69) is 5.32 Å². The number of carbonyl (C=O) groups excluding carboxylic acids is 2. The second-order valence-corrected chi connectivity index (χ2v) is 6.92. The van der Waals surface area contributed by atoms with Crippen molar-refractivity contribution in [2.24, 2.45) is 0 Å². The molecule has 0 aliphatic heterocycles. The van der Waals surface area contributed by atoms with Crippen LogP contribution in [0.25, 0.3) is 10.8 Å². The molecular formula is C24H22N2O4. The minimum Gasteiger partial charge on any atom is -0.497 e. The molecule has 30 heavy (non-hydrogen) atoms. The van der Waals surface area contributed by atoms with Gasteiger partial charge in [-0.3, -0.25) is 9.59 Å². The average molecular weight is 402 g/mol. The van der Waals surface area contributed by atoms with Crippen LogP contribution >= 0.6 is 0 Å². The van der Waals surface area contributed by atoms with E-state index in [-0.39, 0.29) is 0 Å². The van der Waals surface area contributed by atoms with Crippen LogP contribution in [0.15, 0.2) is 60.7 Å². The quantitative estimate of drug-likeness (QED) is 0.618. The molecule has 3 aromatic carbocycles. The molecule has 0 radical (unpaired) electrons. The van der Waals surface area contributed by atoms with Crippen molar-refractivity contribution >= 4 is 28.3 Å². The molecule has 6 heteroatoms. The van der Waals surface area contributed by atoms with E-state index in [1.165, 1.54) is 6.92 Å². The molecule has 0 spiro atoms. The van der Waals surface area contributed by atoms with E-state index in [0.717, 1.165) is 22.1 Å². The SMILES string of the molecule is COc1ccc2cc([C@H](C)C(=O)O[C@H](C)C(=O)Nc3ccccc3C#N)ccc2c1. The molecule has 0 unspecified atom stereocenters. The van der Waals surface area contributed by atoms with Crippen LogP contribution in [-0.4, -0.2) is 25.1 Å². The van der Waals surface area contributed by atoms with Crippen molar-refractivity contribution < 1.29 is 19.1 Å². The summed E-state index contributed by atoms with van der Waals surface area (Å²) < 4.78 is 10.6. The van der Waals surface area contributed by atoms with Crippen molar-refractivity contribution in [3.8, 4) is 11.8 Å². The van der Waals surface area contributed by atoms with E-state index in [9.17, 15) is 9.59 Å². The first kappa shape index (κ1) is 20.9. The summed E-state index contributed by atoms with van der Waals surface area (Å²) in [5, 5.41) is 13.7. The number of benzene rings is 3. The molecule has 0 aromatic heterocycles.